The molecule has 3 aromatic carbocycles. The summed E-state index contributed by atoms with van der Waals surface area (Å²) in [7, 11) is 0. The smallest absolute Gasteiger partial charge is 0.159 e. The molecule has 0 bridgehead atoms. The summed E-state index contributed by atoms with van der Waals surface area (Å²) in [6, 6.07) is 18.6. The monoisotopic (exact) mass is 372 g/mol. The van der Waals surface area contributed by atoms with Crippen LogP contribution in [-0.4, -0.2) is 0 Å². The minimum absolute atomic E-state index is 0.182. The van der Waals surface area contributed by atoms with E-state index in [1.807, 2.05) is 55.5 Å². The highest BCUT2D eigenvalue weighted by molar-refractivity contribution is 6.30. The SMILES string of the molecule is C[C@@H](NC(c1ccc(Cl)cc1)c1cccc(N)c1)c1ccc(F)c(F)c1. The molecule has 134 valence electrons. The predicted octanol–water partition coefficient (Wildman–Crippen LogP) is 5.64. The van der Waals surface area contributed by atoms with Crippen molar-refractivity contribution in [1.82, 2.24) is 5.32 Å². The Hall–Kier alpha value is -2.43. The Morgan fingerprint density at radius 2 is 1.54 bits per heavy atom. The summed E-state index contributed by atoms with van der Waals surface area (Å²) >= 11 is 6.00. The highest BCUT2D eigenvalue weighted by atomic mass is 35.5. The number of rotatable bonds is 5. The summed E-state index contributed by atoms with van der Waals surface area (Å²) in [6.45, 7) is 1.90. The van der Waals surface area contributed by atoms with Gasteiger partial charge in [0.15, 0.2) is 11.6 Å². The lowest BCUT2D eigenvalue weighted by atomic mass is 9.96. The minimum atomic E-state index is -0.858. The molecular formula is C21H19ClF2N2. The molecule has 1 unspecified atom stereocenters. The summed E-state index contributed by atoms with van der Waals surface area (Å²) in [5.74, 6) is -1.71. The van der Waals surface area contributed by atoms with Crippen LogP contribution < -0.4 is 11.1 Å². The molecule has 0 aliphatic carbocycles. The molecule has 2 atom stereocenters. The topological polar surface area (TPSA) is 38.0 Å². The lowest BCUT2D eigenvalue weighted by Crippen LogP contribution is -2.26. The Labute approximate surface area is 156 Å². The molecule has 0 radical (unpaired) electrons. The van der Waals surface area contributed by atoms with Crippen LogP contribution in [0.1, 0.15) is 35.7 Å². The average molecular weight is 373 g/mol. The lowest BCUT2D eigenvalue weighted by Gasteiger charge is -2.25. The van der Waals surface area contributed by atoms with Gasteiger partial charge in [0.1, 0.15) is 0 Å². The number of nitrogens with one attached hydrogen (secondary N) is 1. The predicted molar refractivity (Wildman–Crippen MR) is 102 cm³/mol. The van der Waals surface area contributed by atoms with Crippen molar-refractivity contribution in [3.63, 3.8) is 0 Å². The van der Waals surface area contributed by atoms with Gasteiger partial charge in [-0.2, -0.15) is 0 Å². The molecule has 3 rings (SSSR count). The number of nitrogens with two attached hydrogens (primary N) is 1. The zero-order valence-corrected chi connectivity index (χ0v) is 15.0. The Bertz CT molecular complexity index is 897. The fourth-order valence-corrected chi connectivity index (χ4v) is 3.03. The molecule has 0 aliphatic heterocycles. The van der Waals surface area contributed by atoms with Crippen LogP contribution in [-0.2, 0) is 0 Å². The molecular weight excluding hydrogens is 354 g/mol. The van der Waals surface area contributed by atoms with Crippen molar-refractivity contribution in [2.45, 2.75) is 19.0 Å². The molecule has 0 spiro atoms. The third-order valence-corrected chi connectivity index (χ3v) is 4.56. The highest BCUT2D eigenvalue weighted by Crippen LogP contribution is 2.28. The first kappa shape index (κ1) is 18.4. The van der Waals surface area contributed by atoms with Crippen molar-refractivity contribution in [2.24, 2.45) is 0 Å². The second kappa shape index (κ2) is 7.85. The maximum atomic E-state index is 13.6. The van der Waals surface area contributed by atoms with E-state index in [9.17, 15) is 8.78 Å². The van der Waals surface area contributed by atoms with Gasteiger partial charge in [0, 0.05) is 16.8 Å². The molecule has 3 N–H and O–H groups in total. The van der Waals surface area contributed by atoms with Crippen LogP contribution in [0.4, 0.5) is 14.5 Å². The highest BCUT2D eigenvalue weighted by Gasteiger charge is 2.18. The van der Waals surface area contributed by atoms with Crippen LogP contribution >= 0.6 is 11.6 Å². The lowest BCUT2D eigenvalue weighted by molar-refractivity contribution is 0.490. The second-order valence-electron chi connectivity index (χ2n) is 6.22. The molecule has 3 aromatic rings. The van der Waals surface area contributed by atoms with Gasteiger partial charge >= 0.3 is 0 Å². The molecule has 5 heteroatoms. The standard InChI is InChI=1S/C21H19ClF2N2/c1-13(15-7-10-19(23)20(24)12-15)26-21(14-5-8-17(22)9-6-14)16-3-2-4-18(25)11-16/h2-13,21,26H,25H2,1H3/t13-,21?/m1/s1. The zero-order chi connectivity index (χ0) is 18.7. The average Bonchev–Trinajstić information content (AvgIpc) is 2.62. The number of hydrogen-bond acceptors (Lipinski definition) is 2. The fourth-order valence-electron chi connectivity index (χ4n) is 2.91. The maximum Gasteiger partial charge on any atom is 0.159 e. The van der Waals surface area contributed by atoms with Gasteiger partial charge in [-0.3, -0.25) is 5.32 Å². The van der Waals surface area contributed by atoms with E-state index < -0.39 is 11.6 Å². The van der Waals surface area contributed by atoms with Gasteiger partial charge in [0.25, 0.3) is 0 Å². The summed E-state index contributed by atoms with van der Waals surface area (Å²) < 4.78 is 26.8. The summed E-state index contributed by atoms with van der Waals surface area (Å²) in [6.07, 6.45) is 0. The first-order chi connectivity index (χ1) is 12.4. The molecule has 0 heterocycles. The van der Waals surface area contributed by atoms with Gasteiger partial charge in [-0.1, -0.05) is 41.9 Å². The van der Waals surface area contributed by atoms with Gasteiger partial charge in [0.05, 0.1) is 6.04 Å². The van der Waals surface area contributed by atoms with Gasteiger partial charge in [0.2, 0.25) is 0 Å². The van der Waals surface area contributed by atoms with E-state index in [1.54, 1.807) is 6.07 Å². The second-order valence-corrected chi connectivity index (χ2v) is 6.65. The van der Waals surface area contributed by atoms with E-state index in [-0.39, 0.29) is 12.1 Å². The molecule has 0 amide bonds. The van der Waals surface area contributed by atoms with Crippen LogP contribution in [0.15, 0.2) is 66.7 Å². The van der Waals surface area contributed by atoms with Gasteiger partial charge in [-0.05, 0) is 60.0 Å². The van der Waals surface area contributed by atoms with E-state index in [0.717, 1.165) is 17.2 Å². The number of halogens is 3. The molecule has 0 saturated heterocycles. The van der Waals surface area contributed by atoms with Gasteiger partial charge in [-0.15, -0.1) is 0 Å². The van der Waals surface area contributed by atoms with Crippen molar-refractivity contribution >= 4 is 17.3 Å². The third-order valence-electron chi connectivity index (χ3n) is 4.31. The van der Waals surface area contributed by atoms with Crippen molar-refractivity contribution in [3.8, 4) is 0 Å². The van der Waals surface area contributed by atoms with Crippen LogP contribution in [0.25, 0.3) is 0 Å². The third kappa shape index (κ3) is 4.21. The van der Waals surface area contributed by atoms with Crippen molar-refractivity contribution in [2.75, 3.05) is 5.73 Å². The van der Waals surface area contributed by atoms with Crippen molar-refractivity contribution < 1.29 is 8.78 Å². The molecule has 26 heavy (non-hydrogen) atoms. The van der Waals surface area contributed by atoms with Gasteiger partial charge < -0.3 is 5.73 Å². The van der Waals surface area contributed by atoms with E-state index in [1.165, 1.54) is 6.07 Å². The number of hydrogen-bond donors (Lipinski definition) is 2. The number of nitrogen functional groups attached to an aromatic ring is 1. The number of anilines is 1. The number of benzene rings is 3. The Kier molecular flexibility index (Phi) is 5.55. The minimum Gasteiger partial charge on any atom is -0.399 e. The van der Waals surface area contributed by atoms with Crippen LogP contribution in [0.3, 0.4) is 0 Å². The Morgan fingerprint density at radius 1 is 0.846 bits per heavy atom. The Balaban J connectivity index is 1.94. The van der Waals surface area contributed by atoms with Crippen LogP contribution in [0.5, 0.6) is 0 Å². The first-order valence-electron chi connectivity index (χ1n) is 8.26. The van der Waals surface area contributed by atoms with Gasteiger partial charge in [-0.25, -0.2) is 8.78 Å². The van der Waals surface area contributed by atoms with E-state index in [0.29, 0.717) is 16.3 Å². The first-order valence-corrected chi connectivity index (χ1v) is 8.64. The summed E-state index contributed by atoms with van der Waals surface area (Å²) in [5, 5.41) is 4.12. The normalized spacial score (nSPS) is 13.4. The molecule has 0 aromatic heterocycles. The Morgan fingerprint density at radius 3 is 2.19 bits per heavy atom. The van der Waals surface area contributed by atoms with Crippen LogP contribution in [0, 0.1) is 11.6 Å². The molecule has 0 fully saturated rings. The van der Waals surface area contributed by atoms with Crippen molar-refractivity contribution in [3.05, 3.63) is 100 Å². The maximum absolute atomic E-state index is 13.6. The quantitative estimate of drug-likeness (QED) is 0.569. The fraction of sp³-hybridized carbons (Fsp3) is 0.143. The molecule has 0 saturated carbocycles. The van der Waals surface area contributed by atoms with E-state index in [2.05, 4.69) is 5.32 Å². The molecule has 0 aliphatic rings. The zero-order valence-electron chi connectivity index (χ0n) is 14.2. The van der Waals surface area contributed by atoms with Crippen LogP contribution in [0.2, 0.25) is 5.02 Å². The summed E-state index contributed by atoms with van der Waals surface area (Å²) in [4.78, 5) is 0. The largest absolute Gasteiger partial charge is 0.399 e. The van der Waals surface area contributed by atoms with E-state index >= 15 is 0 Å². The summed E-state index contributed by atoms with van der Waals surface area (Å²) in [5.41, 5.74) is 9.22. The van der Waals surface area contributed by atoms with Crippen molar-refractivity contribution in [1.29, 1.82) is 0 Å². The molecule has 2 nitrogen and oxygen atoms in total. The van der Waals surface area contributed by atoms with E-state index in [4.69, 9.17) is 17.3 Å².